The summed E-state index contributed by atoms with van der Waals surface area (Å²) >= 11 is 3.21. The number of rotatable bonds is 5. The summed E-state index contributed by atoms with van der Waals surface area (Å²) in [5, 5.41) is 0. The van der Waals surface area contributed by atoms with Gasteiger partial charge in [-0.1, -0.05) is 67.4 Å². The fourth-order valence-corrected chi connectivity index (χ4v) is 5.48. The lowest BCUT2D eigenvalue weighted by Crippen LogP contribution is -2.48. The number of nitrogens with zero attached hydrogens (tertiary/aromatic N) is 1. The number of imide groups is 1. The average molecular weight is 530 g/mol. The van der Waals surface area contributed by atoms with Crippen molar-refractivity contribution >= 4 is 33.7 Å². The predicted molar refractivity (Wildman–Crippen MR) is 129 cm³/mol. The molecular formula is C27H29BrFNO4. The summed E-state index contributed by atoms with van der Waals surface area (Å²) in [6.07, 6.45) is 2.54. The average Bonchev–Trinajstić information content (AvgIpc) is 2.78. The first-order chi connectivity index (χ1) is 16.2. The Kier molecular flexibility index (Phi) is 7.22. The zero-order valence-electron chi connectivity index (χ0n) is 19.6. The number of ether oxygens (including phenoxy) is 1. The second kappa shape index (κ2) is 9.98. The highest BCUT2D eigenvalue weighted by molar-refractivity contribution is 9.10. The van der Waals surface area contributed by atoms with Gasteiger partial charge in [-0.2, -0.15) is 0 Å². The Morgan fingerprint density at radius 3 is 2.62 bits per heavy atom. The smallest absolute Gasteiger partial charge is 0.323 e. The Labute approximate surface area is 207 Å². The third kappa shape index (κ3) is 4.81. The number of amides is 2. The first-order valence-electron chi connectivity index (χ1n) is 11.8. The minimum atomic E-state index is -1.25. The fraction of sp³-hybridized carbons (Fsp3) is 0.444. The summed E-state index contributed by atoms with van der Waals surface area (Å²) < 4.78 is 21.1. The van der Waals surface area contributed by atoms with E-state index in [-0.39, 0.29) is 29.7 Å². The predicted octanol–water partition coefficient (Wildman–Crippen LogP) is 5.86. The van der Waals surface area contributed by atoms with Gasteiger partial charge in [0.1, 0.15) is 11.9 Å². The normalized spacial score (nSPS) is 24.8. The molecule has 1 heterocycles. The van der Waals surface area contributed by atoms with E-state index in [0.717, 1.165) is 24.2 Å². The van der Waals surface area contributed by atoms with Gasteiger partial charge < -0.3 is 4.74 Å². The Balaban J connectivity index is 1.65. The molecule has 34 heavy (non-hydrogen) atoms. The van der Waals surface area contributed by atoms with Crippen molar-refractivity contribution in [3.63, 3.8) is 0 Å². The van der Waals surface area contributed by atoms with Gasteiger partial charge in [0.05, 0.1) is 6.54 Å². The molecule has 1 aliphatic carbocycles. The Bertz CT molecular complexity index is 1120. The van der Waals surface area contributed by atoms with Crippen LogP contribution < -0.4 is 0 Å². The molecule has 2 amide bonds. The highest BCUT2D eigenvalue weighted by Gasteiger charge is 2.45. The minimum absolute atomic E-state index is 0.192. The summed E-state index contributed by atoms with van der Waals surface area (Å²) in [7, 11) is 0. The zero-order chi connectivity index (χ0) is 24.6. The molecule has 0 spiro atoms. The second-order valence-electron chi connectivity index (χ2n) is 9.79. The number of benzene rings is 2. The third-order valence-corrected chi connectivity index (χ3v) is 7.56. The molecule has 4 atom stereocenters. The Hall–Kier alpha value is -2.54. The summed E-state index contributed by atoms with van der Waals surface area (Å²) in [5.41, 5.74) is 0.802. The van der Waals surface area contributed by atoms with Crippen molar-refractivity contribution in [2.24, 2.45) is 17.8 Å². The highest BCUT2D eigenvalue weighted by atomic mass is 79.9. The number of hydrogen-bond donors (Lipinski definition) is 0. The van der Waals surface area contributed by atoms with E-state index in [2.05, 4.69) is 36.7 Å². The van der Waals surface area contributed by atoms with Gasteiger partial charge in [-0.3, -0.25) is 19.3 Å². The van der Waals surface area contributed by atoms with Crippen LogP contribution in [-0.2, 0) is 20.9 Å². The first kappa shape index (κ1) is 24.6. The van der Waals surface area contributed by atoms with Crippen molar-refractivity contribution in [2.45, 2.75) is 58.6 Å². The van der Waals surface area contributed by atoms with E-state index in [4.69, 9.17) is 4.74 Å². The van der Waals surface area contributed by atoms with Crippen molar-refractivity contribution < 1.29 is 23.5 Å². The van der Waals surface area contributed by atoms with E-state index in [1.807, 2.05) is 0 Å². The molecule has 1 saturated carbocycles. The maximum atomic E-state index is 14.5. The molecule has 0 N–H and O–H groups in total. The summed E-state index contributed by atoms with van der Waals surface area (Å²) in [6, 6.07) is 11.0. The second-order valence-corrected chi connectivity index (χ2v) is 10.7. The van der Waals surface area contributed by atoms with Gasteiger partial charge in [-0.15, -0.1) is 0 Å². The summed E-state index contributed by atoms with van der Waals surface area (Å²) in [5.74, 6) is -2.65. The van der Waals surface area contributed by atoms with Crippen LogP contribution in [0.3, 0.4) is 0 Å². The number of halogens is 2. The van der Waals surface area contributed by atoms with Crippen molar-refractivity contribution in [2.75, 3.05) is 0 Å². The van der Waals surface area contributed by atoms with Crippen molar-refractivity contribution in [3.05, 3.63) is 69.4 Å². The molecule has 7 heteroatoms. The van der Waals surface area contributed by atoms with Crippen molar-refractivity contribution in [3.8, 4) is 0 Å². The van der Waals surface area contributed by atoms with Crippen LogP contribution in [0.25, 0.3) is 0 Å². The Morgan fingerprint density at radius 1 is 1.18 bits per heavy atom. The van der Waals surface area contributed by atoms with Gasteiger partial charge in [-0.05, 0) is 54.4 Å². The van der Waals surface area contributed by atoms with Gasteiger partial charge in [-0.25, -0.2) is 4.39 Å². The molecule has 180 valence electrons. The maximum absolute atomic E-state index is 14.5. The molecule has 4 rings (SSSR count). The van der Waals surface area contributed by atoms with E-state index >= 15 is 0 Å². The van der Waals surface area contributed by atoms with Crippen LogP contribution in [0.5, 0.6) is 0 Å². The lowest BCUT2D eigenvalue weighted by atomic mass is 9.75. The molecule has 0 saturated heterocycles. The van der Waals surface area contributed by atoms with E-state index in [0.29, 0.717) is 21.9 Å². The topological polar surface area (TPSA) is 63.7 Å². The van der Waals surface area contributed by atoms with E-state index in [1.165, 1.54) is 12.1 Å². The Morgan fingerprint density at radius 2 is 1.91 bits per heavy atom. The SMILES string of the molecule is CC1CCC(C(C)C)C(OC(=O)C2C(=O)N(Cc3ccc(Br)cc3F)C(=O)c3ccccc32)C1. The largest absolute Gasteiger partial charge is 0.461 e. The molecule has 1 aliphatic heterocycles. The molecule has 0 aromatic heterocycles. The van der Waals surface area contributed by atoms with Crippen LogP contribution in [-0.4, -0.2) is 28.8 Å². The number of esters is 1. The first-order valence-corrected chi connectivity index (χ1v) is 12.6. The van der Waals surface area contributed by atoms with Crippen LogP contribution in [0.1, 0.15) is 67.4 Å². The molecule has 5 nitrogen and oxygen atoms in total. The van der Waals surface area contributed by atoms with Gasteiger partial charge in [0.15, 0.2) is 5.92 Å². The van der Waals surface area contributed by atoms with Crippen LogP contribution >= 0.6 is 15.9 Å². The van der Waals surface area contributed by atoms with E-state index < -0.39 is 29.5 Å². The lowest BCUT2D eigenvalue weighted by Gasteiger charge is -2.38. The number of carbonyl (C=O) groups is 3. The highest BCUT2D eigenvalue weighted by Crippen LogP contribution is 2.38. The lowest BCUT2D eigenvalue weighted by molar-refractivity contribution is -0.161. The molecule has 2 aromatic carbocycles. The van der Waals surface area contributed by atoms with Crippen LogP contribution in [0, 0.1) is 23.6 Å². The molecule has 2 aliphatic rings. The van der Waals surface area contributed by atoms with Crippen molar-refractivity contribution in [1.29, 1.82) is 0 Å². The molecule has 0 bridgehead atoms. The molecule has 0 radical (unpaired) electrons. The van der Waals surface area contributed by atoms with E-state index in [1.54, 1.807) is 30.3 Å². The third-order valence-electron chi connectivity index (χ3n) is 7.07. The summed E-state index contributed by atoms with van der Waals surface area (Å²) in [6.45, 7) is 6.13. The number of carbonyl (C=O) groups excluding carboxylic acids is 3. The van der Waals surface area contributed by atoms with Crippen LogP contribution in [0.15, 0.2) is 46.9 Å². The van der Waals surface area contributed by atoms with Gasteiger partial charge in [0, 0.05) is 15.6 Å². The van der Waals surface area contributed by atoms with Crippen molar-refractivity contribution in [1.82, 2.24) is 4.90 Å². The fourth-order valence-electron chi connectivity index (χ4n) is 5.14. The zero-order valence-corrected chi connectivity index (χ0v) is 21.2. The van der Waals surface area contributed by atoms with Gasteiger partial charge in [0.2, 0.25) is 5.91 Å². The standard InChI is InChI=1S/C27H29BrFNO4/c1-15(2)19-11-8-16(3)12-23(19)34-27(33)24-20-6-4-5-7-21(20)25(31)30(26(24)32)14-17-9-10-18(28)13-22(17)29/h4-7,9-10,13,15-16,19,23-24H,8,11-12,14H2,1-3H3. The monoisotopic (exact) mass is 529 g/mol. The summed E-state index contributed by atoms with van der Waals surface area (Å²) in [4.78, 5) is 41.1. The molecule has 4 unspecified atom stereocenters. The van der Waals surface area contributed by atoms with Crippen LogP contribution in [0.2, 0.25) is 0 Å². The van der Waals surface area contributed by atoms with E-state index in [9.17, 15) is 18.8 Å². The number of hydrogen-bond acceptors (Lipinski definition) is 4. The minimum Gasteiger partial charge on any atom is -0.461 e. The van der Waals surface area contributed by atoms with Gasteiger partial charge >= 0.3 is 5.97 Å². The van der Waals surface area contributed by atoms with Gasteiger partial charge in [0.25, 0.3) is 5.91 Å². The number of fused-ring (bicyclic) bond motifs is 1. The molecule has 2 aromatic rings. The van der Waals surface area contributed by atoms with Crippen LogP contribution in [0.4, 0.5) is 4.39 Å². The molecule has 1 fully saturated rings. The molecular weight excluding hydrogens is 501 g/mol. The maximum Gasteiger partial charge on any atom is 0.323 e. The quantitative estimate of drug-likeness (QED) is 0.276.